The van der Waals surface area contributed by atoms with E-state index in [0.717, 1.165) is 11.3 Å². The van der Waals surface area contributed by atoms with Gasteiger partial charge in [0, 0.05) is 18.1 Å². The molecule has 140 valence electrons. The highest BCUT2D eigenvalue weighted by Crippen LogP contribution is 2.19. The molecule has 4 rings (SSSR count). The summed E-state index contributed by atoms with van der Waals surface area (Å²) in [6.07, 6.45) is 3.50. The summed E-state index contributed by atoms with van der Waals surface area (Å²) in [4.78, 5) is 21.9. The van der Waals surface area contributed by atoms with Gasteiger partial charge in [-0.05, 0) is 35.9 Å². The van der Waals surface area contributed by atoms with Crippen LogP contribution in [0.5, 0.6) is 5.75 Å². The topological polar surface area (TPSA) is 57.0 Å². The fourth-order valence-electron chi connectivity index (χ4n) is 2.88. The minimum atomic E-state index is -0.0408. The van der Waals surface area contributed by atoms with Crippen molar-refractivity contribution in [1.29, 1.82) is 0 Å². The van der Waals surface area contributed by atoms with Crippen molar-refractivity contribution in [3.05, 3.63) is 95.0 Å². The molecule has 0 spiro atoms. The molecule has 0 radical (unpaired) electrons. The molecule has 0 atom stereocenters. The summed E-state index contributed by atoms with van der Waals surface area (Å²) in [6.45, 7) is 0.969. The molecule has 6 heteroatoms. The van der Waals surface area contributed by atoms with Gasteiger partial charge in [-0.3, -0.25) is 14.3 Å². The number of hydrogen-bond acceptors (Lipinski definition) is 5. The van der Waals surface area contributed by atoms with Crippen molar-refractivity contribution in [3.8, 4) is 5.75 Å². The van der Waals surface area contributed by atoms with Crippen LogP contribution >= 0.6 is 11.8 Å². The molecule has 0 N–H and O–H groups in total. The molecule has 0 saturated carbocycles. The Kier molecular flexibility index (Phi) is 5.68. The van der Waals surface area contributed by atoms with Crippen molar-refractivity contribution in [3.63, 3.8) is 0 Å². The average Bonchev–Trinajstić information content (AvgIpc) is 2.75. The molecule has 0 aliphatic rings. The maximum Gasteiger partial charge on any atom is 0.262 e. The number of thioether (sulfide) groups is 1. The van der Waals surface area contributed by atoms with Gasteiger partial charge in [-0.2, -0.15) is 0 Å². The van der Waals surface area contributed by atoms with E-state index < -0.39 is 0 Å². The summed E-state index contributed by atoms with van der Waals surface area (Å²) in [5.74, 6) is 1.52. The summed E-state index contributed by atoms with van der Waals surface area (Å²) >= 11 is 1.52. The van der Waals surface area contributed by atoms with Gasteiger partial charge in [0.15, 0.2) is 5.16 Å². The molecular formula is C22H19N3O2S. The lowest BCUT2D eigenvalue weighted by Gasteiger charge is -2.13. The maximum atomic E-state index is 13.1. The number of hydrogen-bond donors (Lipinski definition) is 0. The number of pyridine rings is 1. The minimum absolute atomic E-state index is 0.0408. The predicted octanol–water partition coefficient (Wildman–Crippen LogP) is 4.01. The second-order valence-electron chi connectivity index (χ2n) is 6.17. The highest BCUT2D eigenvalue weighted by atomic mass is 32.2. The lowest BCUT2D eigenvalue weighted by atomic mass is 10.2. The van der Waals surface area contributed by atoms with E-state index >= 15 is 0 Å². The van der Waals surface area contributed by atoms with E-state index in [2.05, 4.69) is 4.98 Å². The van der Waals surface area contributed by atoms with Crippen LogP contribution in [0.2, 0.25) is 0 Å². The van der Waals surface area contributed by atoms with Gasteiger partial charge in [-0.25, -0.2) is 4.98 Å². The maximum absolute atomic E-state index is 13.1. The molecular weight excluding hydrogens is 370 g/mol. The van der Waals surface area contributed by atoms with Gasteiger partial charge in [0.2, 0.25) is 0 Å². The van der Waals surface area contributed by atoms with Gasteiger partial charge in [0.25, 0.3) is 5.56 Å². The van der Waals surface area contributed by atoms with Crippen LogP contribution in [0, 0.1) is 0 Å². The number of para-hydroxylation sites is 2. The summed E-state index contributed by atoms with van der Waals surface area (Å²) in [6, 6.07) is 21.0. The molecule has 0 fully saturated rings. The van der Waals surface area contributed by atoms with Crippen LogP contribution in [0.25, 0.3) is 10.9 Å². The third-order valence-electron chi connectivity index (χ3n) is 4.22. The first-order chi connectivity index (χ1) is 13.8. The van der Waals surface area contributed by atoms with E-state index in [1.165, 1.54) is 11.8 Å². The number of benzene rings is 2. The zero-order chi connectivity index (χ0) is 19.2. The monoisotopic (exact) mass is 389 g/mol. The van der Waals surface area contributed by atoms with E-state index in [1.54, 1.807) is 17.0 Å². The van der Waals surface area contributed by atoms with E-state index in [1.807, 2.05) is 66.7 Å². The predicted molar refractivity (Wildman–Crippen MR) is 112 cm³/mol. The van der Waals surface area contributed by atoms with Crippen LogP contribution < -0.4 is 10.3 Å². The van der Waals surface area contributed by atoms with Gasteiger partial charge < -0.3 is 4.74 Å². The lowest BCUT2D eigenvalue weighted by molar-refractivity contribution is 0.344. The van der Waals surface area contributed by atoms with Crippen LogP contribution in [0.4, 0.5) is 0 Å². The second-order valence-corrected chi connectivity index (χ2v) is 7.24. The van der Waals surface area contributed by atoms with Gasteiger partial charge in [0.05, 0.1) is 24.1 Å². The first kappa shape index (κ1) is 18.3. The van der Waals surface area contributed by atoms with E-state index in [0.29, 0.717) is 35.0 Å². The zero-order valence-corrected chi connectivity index (χ0v) is 16.0. The highest BCUT2D eigenvalue weighted by Gasteiger charge is 2.12. The Morgan fingerprint density at radius 1 is 0.964 bits per heavy atom. The van der Waals surface area contributed by atoms with Crippen LogP contribution in [0.15, 0.2) is 89.1 Å². The van der Waals surface area contributed by atoms with Crippen LogP contribution in [-0.2, 0) is 6.54 Å². The largest absolute Gasteiger partial charge is 0.493 e. The lowest BCUT2D eigenvalue weighted by Crippen LogP contribution is -2.24. The summed E-state index contributed by atoms with van der Waals surface area (Å²) < 4.78 is 7.47. The van der Waals surface area contributed by atoms with Crippen LogP contribution in [-0.4, -0.2) is 26.9 Å². The molecule has 5 nitrogen and oxygen atoms in total. The van der Waals surface area contributed by atoms with E-state index in [9.17, 15) is 4.79 Å². The number of ether oxygens (including phenoxy) is 1. The fourth-order valence-corrected chi connectivity index (χ4v) is 3.70. The molecule has 0 saturated heterocycles. The van der Waals surface area contributed by atoms with Gasteiger partial charge >= 0.3 is 0 Å². The third kappa shape index (κ3) is 4.23. The highest BCUT2D eigenvalue weighted by molar-refractivity contribution is 7.99. The Bertz CT molecular complexity index is 1110. The number of aromatic nitrogens is 3. The molecule has 2 heterocycles. The van der Waals surface area contributed by atoms with Gasteiger partial charge in [-0.1, -0.05) is 48.2 Å². The number of rotatable bonds is 7. The van der Waals surface area contributed by atoms with Crippen molar-refractivity contribution >= 4 is 22.7 Å². The smallest absolute Gasteiger partial charge is 0.262 e. The molecule has 4 aromatic rings. The quantitative estimate of drug-likeness (QED) is 0.272. The van der Waals surface area contributed by atoms with E-state index in [-0.39, 0.29) is 5.56 Å². The molecule has 0 amide bonds. The third-order valence-corrected chi connectivity index (χ3v) is 5.16. The Labute approximate surface area is 167 Å². The molecule has 0 aliphatic heterocycles. The SMILES string of the molecule is O=c1c2ccccc2nc(SCCOc2ccccc2)n1Cc1cccnc1. The first-order valence-corrected chi connectivity index (χ1v) is 9.99. The minimum Gasteiger partial charge on any atom is -0.493 e. The van der Waals surface area contributed by atoms with Crippen molar-refractivity contribution in [2.75, 3.05) is 12.4 Å². The average molecular weight is 389 g/mol. The van der Waals surface area contributed by atoms with Gasteiger partial charge in [-0.15, -0.1) is 0 Å². The Balaban J connectivity index is 1.58. The van der Waals surface area contributed by atoms with Crippen molar-refractivity contribution in [2.45, 2.75) is 11.7 Å². The molecule has 2 aromatic heterocycles. The first-order valence-electron chi connectivity index (χ1n) is 9.00. The normalized spacial score (nSPS) is 10.9. The van der Waals surface area contributed by atoms with Gasteiger partial charge in [0.1, 0.15) is 5.75 Å². The zero-order valence-electron chi connectivity index (χ0n) is 15.2. The summed E-state index contributed by atoms with van der Waals surface area (Å²) in [7, 11) is 0. The standard InChI is InChI=1S/C22H19N3O2S/c26-21-19-10-4-5-11-20(19)24-22(25(21)16-17-7-6-12-23-15-17)28-14-13-27-18-8-2-1-3-9-18/h1-12,15H,13-14,16H2. The molecule has 2 aromatic carbocycles. The van der Waals surface area contributed by atoms with Crippen LogP contribution in [0.3, 0.4) is 0 Å². The Morgan fingerprint density at radius 3 is 2.61 bits per heavy atom. The Morgan fingerprint density at radius 2 is 1.79 bits per heavy atom. The van der Waals surface area contributed by atoms with Crippen LogP contribution in [0.1, 0.15) is 5.56 Å². The number of nitrogens with zero attached hydrogens (tertiary/aromatic N) is 3. The fraction of sp³-hybridized carbons (Fsp3) is 0.136. The molecule has 0 bridgehead atoms. The molecule has 0 unspecified atom stereocenters. The van der Waals surface area contributed by atoms with E-state index in [4.69, 9.17) is 9.72 Å². The van der Waals surface area contributed by atoms with Crippen molar-refractivity contribution in [1.82, 2.24) is 14.5 Å². The summed E-state index contributed by atoms with van der Waals surface area (Å²) in [5.41, 5.74) is 1.63. The molecule has 0 aliphatic carbocycles. The van der Waals surface area contributed by atoms with Crippen molar-refractivity contribution in [2.24, 2.45) is 0 Å². The number of fused-ring (bicyclic) bond motifs is 1. The summed E-state index contributed by atoms with van der Waals surface area (Å²) in [5, 5.41) is 1.31. The second kappa shape index (κ2) is 8.71. The molecule has 28 heavy (non-hydrogen) atoms. The van der Waals surface area contributed by atoms with Crippen molar-refractivity contribution < 1.29 is 4.74 Å². The Hall–Kier alpha value is -3.12.